The monoisotopic (exact) mass is 294 g/mol. The number of aromatic nitrogens is 3. The van der Waals surface area contributed by atoms with Crippen molar-refractivity contribution >= 4 is 0 Å². The van der Waals surface area contributed by atoms with Gasteiger partial charge in [0.25, 0.3) is 0 Å². The molecule has 0 amide bonds. The maximum absolute atomic E-state index is 6.27. The summed E-state index contributed by atoms with van der Waals surface area (Å²) in [6.07, 6.45) is 6.00. The maximum atomic E-state index is 6.27. The van der Waals surface area contributed by atoms with Crippen LogP contribution >= 0.6 is 0 Å². The SMILES string of the molecule is CCCC[C@@H]1CN(Cc2ncnn2CC)C[C@H](C(C)C)O1. The largest absolute Gasteiger partial charge is 0.372 e. The van der Waals surface area contributed by atoms with Gasteiger partial charge in [0.05, 0.1) is 18.8 Å². The van der Waals surface area contributed by atoms with Gasteiger partial charge in [-0.2, -0.15) is 5.10 Å². The van der Waals surface area contributed by atoms with Crippen LogP contribution in [-0.2, 0) is 17.8 Å². The lowest BCUT2D eigenvalue weighted by atomic mass is 10.0. The summed E-state index contributed by atoms with van der Waals surface area (Å²) in [6, 6.07) is 0. The van der Waals surface area contributed by atoms with Crippen LogP contribution in [0.15, 0.2) is 6.33 Å². The van der Waals surface area contributed by atoms with Crippen molar-refractivity contribution in [2.45, 2.75) is 72.3 Å². The van der Waals surface area contributed by atoms with Crippen LogP contribution in [-0.4, -0.2) is 45.0 Å². The Morgan fingerprint density at radius 2 is 2.14 bits per heavy atom. The van der Waals surface area contributed by atoms with E-state index in [-0.39, 0.29) is 0 Å². The molecule has 21 heavy (non-hydrogen) atoms. The molecule has 2 heterocycles. The molecule has 1 aliphatic heterocycles. The van der Waals surface area contributed by atoms with Crippen molar-refractivity contribution in [3.05, 3.63) is 12.2 Å². The minimum absolute atomic E-state index is 0.332. The van der Waals surface area contributed by atoms with E-state index in [1.54, 1.807) is 6.33 Å². The van der Waals surface area contributed by atoms with Gasteiger partial charge in [0.2, 0.25) is 0 Å². The molecule has 1 aromatic heterocycles. The van der Waals surface area contributed by atoms with Gasteiger partial charge in [-0.05, 0) is 19.3 Å². The highest BCUT2D eigenvalue weighted by atomic mass is 16.5. The van der Waals surface area contributed by atoms with Gasteiger partial charge in [0, 0.05) is 19.6 Å². The van der Waals surface area contributed by atoms with E-state index in [0.29, 0.717) is 18.1 Å². The molecule has 0 N–H and O–H groups in total. The van der Waals surface area contributed by atoms with E-state index in [4.69, 9.17) is 4.74 Å². The first-order valence-electron chi connectivity index (χ1n) is 8.38. The Morgan fingerprint density at radius 1 is 1.33 bits per heavy atom. The molecule has 0 unspecified atom stereocenters. The highest BCUT2D eigenvalue weighted by molar-refractivity contribution is 4.88. The van der Waals surface area contributed by atoms with Crippen LogP contribution in [0.2, 0.25) is 0 Å². The first-order chi connectivity index (χ1) is 10.1. The molecular weight excluding hydrogens is 264 g/mol. The molecule has 0 aliphatic carbocycles. The second-order valence-electron chi connectivity index (χ2n) is 6.37. The zero-order valence-corrected chi connectivity index (χ0v) is 14.0. The Balaban J connectivity index is 1.99. The molecule has 2 atom stereocenters. The second kappa shape index (κ2) is 7.90. The molecule has 0 aromatic carbocycles. The van der Waals surface area contributed by atoms with Gasteiger partial charge in [0.15, 0.2) is 0 Å². The third kappa shape index (κ3) is 4.51. The number of hydrogen-bond acceptors (Lipinski definition) is 4. The molecule has 2 rings (SSSR count). The van der Waals surface area contributed by atoms with Crippen molar-refractivity contribution < 1.29 is 4.74 Å². The minimum atomic E-state index is 0.332. The van der Waals surface area contributed by atoms with E-state index in [0.717, 1.165) is 38.4 Å². The number of nitrogens with zero attached hydrogens (tertiary/aromatic N) is 4. The second-order valence-corrected chi connectivity index (χ2v) is 6.37. The average molecular weight is 294 g/mol. The summed E-state index contributed by atoms with van der Waals surface area (Å²) in [6.45, 7) is 12.6. The van der Waals surface area contributed by atoms with Crippen molar-refractivity contribution in [1.82, 2.24) is 19.7 Å². The molecule has 120 valence electrons. The molecule has 1 aromatic rings. The summed E-state index contributed by atoms with van der Waals surface area (Å²) in [4.78, 5) is 6.90. The van der Waals surface area contributed by atoms with E-state index < -0.39 is 0 Å². The van der Waals surface area contributed by atoms with Gasteiger partial charge in [0.1, 0.15) is 12.2 Å². The first kappa shape index (κ1) is 16.4. The Kier molecular flexibility index (Phi) is 6.18. The minimum Gasteiger partial charge on any atom is -0.372 e. The molecule has 1 aliphatic rings. The average Bonchev–Trinajstić information content (AvgIpc) is 2.92. The molecular formula is C16H30N4O. The summed E-state index contributed by atoms with van der Waals surface area (Å²) in [5, 5.41) is 4.27. The van der Waals surface area contributed by atoms with Gasteiger partial charge in [-0.3, -0.25) is 4.90 Å². The standard InChI is InChI=1S/C16H30N4O/c1-5-7-8-14-9-19(10-15(21-14)13(3)4)11-16-17-12-18-20(16)6-2/h12-15H,5-11H2,1-4H3/t14-,15-/m1/s1. The number of aryl methyl sites for hydroxylation is 1. The van der Waals surface area contributed by atoms with Gasteiger partial charge in [-0.1, -0.05) is 33.6 Å². The number of ether oxygens (including phenoxy) is 1. The number of unbranched alkanes of at least 4 members (excludes halogenated alkanes) is 1. The van der Waals surface area contributed by atoms with Gasteiger partial charge >= 0.3 is 0 Å². The zero-order chi connectivity index (χ0) is 15.2. The quantitative estimate of drug-likeness (QED) is 0.775. The lowest BCUT2D eigenvalue weighted by Gasteiger charge is -2.39. The van der Waals surface area contributed by atoms with E-state index in [9.17, 15) is 0 Å². The van der Waals surface area contributed by atoms with Crippen molar-refractivity contribution in [3.63, 3.8) is 0 Å². The third-order valence-corrected chi connectivity index (χ3v) is 4.25. The predicted molar refractivity (Wildman–Crippen MR) is 84.0 cm³/mol. The van der Waals surface area contributed by atoms with E-state index in [2.05, 4.69) is 42.7 Å². The highest BCUT2D eigenvalue weighted by Gasteiger charge is 2.29. The van der Waals surface area contributed by atoms with Gasteiger partial charge in [-0.25, -0.2) is 9.67 Å². The van der Waals surface area contributed by atoms with Crippen molar-refractivity contribution in [2.24, 2.45) is 5.92 Å². The smallest absolute Gasteiger partial charge is 0.140 e. The van der Waals surface area contributed by atoms with Crippen LogP contribution in [0.1, 0.15) is 52.8 Å². The Bertz CT molecular complexity index is 418. The van der Waals surface area contributed by atoms with Crippen molar-refractivity contribution in [3.8, 4) is 0 Å². The summed E-state index contributed by atoms with van der Waals surface area (Å²) >= 11 is 0. The van der Waals surface area contributed by atoms with Crippen LogP contribution < -0.4 is 0 Å². The Morgan fingerprint density at radius 3 is 2.81 bits per heavy atom. The summed E-state index contributed by atoms with van der Waals surface area (Å²) in [5.41, 5.74) is 0. The fourth-order valence-electron chi connectivity index (χ4n) is 2.91. The normalized spacial score (nSPS) is 23.9. The van der Waals surface area contributed by atoms with E-state index in [1.165, 1.54) is 12.8 Å². The summed E-state index contributed by atoms with van der Waals surface area (Å²) < 4.78 is 8.26. The maximum Gasteiger partial charge on any atom is 0.140 e. The van der Waals surface area contributed by atoms with Crippen LogP contribution in [0, 0.1) is 5.92 Å². The van der Waals surface area contributed by atoms with Crippen LogP contribution in [0.25, 0.3) is 0 Å². The van der Waals surface area contributed by atoms with E-state index in [1.807, 2.05) is 4.68 Å². The molecule has 5 heteroatoms. The highest BCUT2D eigenvalue weighted by Crippen LogP contribution is 2.22. The van der Waals surface area contributed by atoms with Crippen LogP contribution in [0.3, 0.4) is 0 Å². The molecule has 1 fully saturated rings. The van der Waals surface area contributed by atoms with Crippen molar-refractivity contribution in [2.75, 3.05) is 13.1 Å². The van der Waals surface area contributed by atoms with Crippen molar-refractivity contribution in [1.29, 1.82) is 0 Å². The Hall–Kier alpha value is -0.940. The lowest BCUT2D eigenvalue weighted by Crippen LogP contribution is -2.49. The summed E-state index contributed by atoms with van der Waals surface area (Å²) in [7, 11) is 0. The first-order valence-corrected chi connectivity index (χ1v) is 8.38. The summed E-state index contributed by atoms with van der Waals surface area (Å²) in [5.74, 6) is 1.62. The molecule has 0 radical (unpaired) electrons. The van der Waals surface area contributed by atoms with Crippen LogP contribution in [0.5, 0.6) is 0 Å². The lowest BCUT2D eigenvalue weighted by molar-refractivity contribution is -0.109. The predicted octanol–water partition coefficient (Wildman–Crippen LogP) is 2.71. The number of rotatable bonds is 7. The topological polar surface area (TPSA) is 43.2 Å². The van der Waals surface area contributed by atoms with Gasteiger partial charge in [-0.15, -0.1) is 0 Å². The van der Waals surface area contributed by atoms with E-state index >= 15 is 0 Å². The Labute approximate surface area is 128 Å². The third-order valence-electron chi connectivity index (χ3n) is 4.25. The fraction of sp³-hybridized carbons (Fsp3) is 0.875. The molecule has 0 spiro atoms. The molecule has 0 saturated carbocycles. The fourth-order valence-corrected chi connectivity index (χ4v) is 2.91. The molecule has 0 bridgehead atoms. The zero-order valence-electron chi connectivity index (χ0n) is 14.0. The number of morpholine rings is 1. The molecule has 5 nitrogen and oxygen atoms in total. The van der Waals surface area contributed by atoms with Crippen LogP contribution in [0.4, 0.5) is 0 Å². The molecule has 1 saturated heterocycles. The van der Waals surface area contributed by atoms with Gasteiger partial charge < -0.3 is 4.74 Å². The number of hydrogen-bond donors (Lipinski definition) is 0.